The number of nitrogens with zero attached hydrogens (tertiary/aromatic N) is 1. The van der Waals surface area contributed by atoms with E-state index in [0.29, 0.717) is 0 Å². The van der Waals surface area contributed by atoms with E-state index in [9.17, 15) is 10.1 Å². The molecule has 0 spiro atoms. The van der Waals surface area contributed by atoms with E-state index < -0.39 is 12.0 Å². The zero-order valence-corrected chi connectivity index (χ0v) is 11.3. The van der Waals surface area contributed by atoms with Crippen LogP contribution in [0.5, 0.6) is 0 Å². The summed E-state index contributed by atoms with van der Waals surface area (Å²) in [5.74, 6) is -0.926. The van der Waals surface area contributed by atoms with Crippen LogP contribution < -0.4 is 5.73 Å². The minimum absolute atomic E-state index is 0.116. The van der Waals surface area contributed by atoms with Crippen molar-refractivity contribution in [3.8, 4) is 6.07 Å². The van der Waals surface area contributed by atoms with E-state index in [1.165, 1.54) is 0 Å². The standard InChI is InChI=1S/C13H13BrN2O2/c14-10-4-8(11(16)6-12(17)18)3-9(5-10)13(7-15)1-2-13/h3-5,11H,1-2,6,16H2,(H,17,18)/t11-/m0/s1. The minimum Gasteiger partial charge on any atom is -0.481 e. The van der Waals surface area contributed by atoms with Gasteiger partial charge in [-0.15, -0.1) is 0 Å². The van der Waals surface area contributed by atoms with E-state index in [1.54, 1.807) is 0 Å². The van der Waals surface area contributed by atoms with E-state index >= 15 is 0 Å². The molecule has 0 bridgehead atoms. The van der Waals surface area contributed by atoms with E-state index in [1.807, 2.05) is 18.2 Å². The van der Waals surface area contributed by atoms with Crippen molar-refractivity contribution in [3.63, 3.8) is 0 Å². The van der Waals surface area contributed by atoms with Crippen molar-refractivity contribution in [2.45, 2.75) is 30.7 Å². The number of rotatable bonds is 4. The number of hydrogen-bond donors (Lipinski definition) is 2. The monoisotopic (exact) mass is 308 g/mol. The van der Waals surface area contributed by atoms with Crippen molar-refractivity contribution in [2.75, 3.05) is 0 Å². The summed E-state index contributed by atoms with van der Waals surface area (Å²) in [6.07, 6.45) is 1.59. The number of carboxylic acid groups (broad SMARTS) is 1. The first-order valence-electron chi connectivity index (χ1n) is 5.66. The topological polar surface area (TPSA) is 87.1 Å². The Bertz CT molecular complexity index is 532. The highest BCUT2D eigenvalue weighted by Crippen LogP contribution is 2.48. The molecule has 2 rings (SSSR count). The second-order valence-corrected chi connectivity index (χ2v) is 5.59. The Labute approximate surface area is 114 Å². The molecular weight excluding hydrogens is 296 g/mol. The van der Waals surface area contributed by atoms with E-state index in [4.69, 9.17) is 10.8 Å². The van der Waals surface area contributed by atoms with Crippen molar-refractivity contribution >= 4 is 21.9 Å². The third kappa shape index (κ3) is 2.55. The Morgan fingerprint density at radius 2 is 2.22 bits per heavy atom. The van der Waals surface area contributed by atoms with Gasteiger partial charge in [0.05, 0.1) is 17.9 Å². The van der Waals surface area contributed by atoms with Crippen LogP contribution in [-0.4, -0.2) is 11.1 Å². The Balaban J connectivity index is 2.33. The fourth-order valence-electron chi connectivity index (χ4n) is 2.00. The van der Waals surface area contributed by atoms with Gasteiger partial charge < -0.3 is 10.8 Å². The maximum atomic E-state index is 10.7. The lowest BCUT2D eigenvalue weighted by molar-refractivity contribution is -0.137. The number of aliphatic carboxylic acids is 1. The van der Waals surface area contributed by atoms with Crippen LogP contribution in [0, 0.1) is 11.3 Å². The van der Waals surface area contributed by atoms with Crippen molar-refractivity contribution < 1.29 is 9.90 Å². The average molecular weight is 309 g/mol. The molecule has 1 fully saturated rings. The fourth-order valence-corrected chi connectivity index (χ4v) is 2.51. The second kappa shape index (κ2) is 4.71. The average Bonchev–Trinajstić information content (AvgIpc) is 3.08. The Hall–Kier alpha value is -1.38. The predicted molar refractivity (Wildman–Crippen MR) is 69.8 cm³/mol. The number of carbonyl (C=O) groups is 1. The first-order valence-corrected chi connectivity index (χ1v) is 6.46. The van der Waals surface area contributed by atoms with E-state index in [2.05, 4.69) is 22.0 Å². The normalized spacial score (nSPS) is 17.8. The molecule has 94 valence electrons. The first kappa shape index (κ1) is 13.1. The maximum absolute atomic E-state index is 10.7. The molecule has 1 atom stereocenters. The number of nitrogens with two attached hydrogens (primary N) is 1. The number of halogens is 1. The van der Waals surface area contributed by atoms with Crippen LogP contribution in [-0.2, 0) is 10.2 Å². The fraction of sp³-hybridized carbons (Fsp3) is 0.385. The molecule has 3 N–H and O–H groups in total. The van der Waals surface area contributed by atoms with Gasteiger partial charge in [-0.2, -0.15) is 5.26 Å². The smallest absolute Gasteiger partial charge is 0.305 e. The number of carboxylic acids is 1. The summed E-state index contributed by atoms with van der Waals surface area (Å²) in [5, 5.41) is 17.9. The summed E-state index contributed by atoms with van der Waals surface area (Å²) in [6, 6.07) is 7.35. The highest BCUT2D eigenvalue weighted by Gasteiger charge is 2.45. The summed E-state index contributed by atoms with van der Waals surface area (Å²) in [7, 11) is 0. The van der Waals surface area contributed by atoms with Crippen molar-refractivity contribution in [1.29, 1.82) is 5.26 Å². The molecule has 0 radical (unpaired) electrons. The van der Waals surface area contributed by atoms with Gasteiger partial charge in [-0.25, -0.2) is 0 Å². The van der Waals surface area contributed by atoms with Crippen LogP contribution in [0.25, 0.3) is 0 Å². The lowest BCUT2D eigenvalue weighted by atomic mass is 9.93. The molecule has 18 heavy (non-hydrogen) atoms. The largest absolute Gasteiger partial charge is 0.481 e. The molecule has 4 nitrogen and oxygen atoms in total. The summed E-state index contributed by atoms with van der Waals surface area (Å²) in [5.41, 5.74) is 7.15. The Morgan fingerprint density at radius 3 is 2.72 bits per heavy atom. The molecule has 0 unspecified atom stereocenters. The zero-order valence-electron chi connectivity index (χ0n) is 9.69. The van der Waals surface area contributed by atoms with E-state index in [0.717, 1.165) is 28.4 Å². The molecule has 0 aromatic heterocycles. The molecule has 5 heteroatoms. The quantitative estimate of drug-likeness (QED) is 0.894. The van der Waals surface area contributed by atoms with Gasteiger partial charge >= 0.3 is 5.97 Å². The molecule has 0 heterocycles. The second-order valence-electron chi connectivity index (χ2n) is 4.67. The summed E-state index contributed by atoms with van der Waals surface area (Å²) >= 11 is 3.38. The first-order chi connectivity index (χ1) is 8.47. The number of hydrogen-bond acceptors (Lipinski definition) is 3. The van der Waals surface area contributed by atoms with Crippen molar-refractivity contribution in [2.24, 2.45) is 5.73 Å². The van der Waals surface area contributed by atoms with Gasteiger partial charge in [-0.3, -0.25) is 4.79 Å². The van der Waals surface area contributed by atoms with Crippen molar-refractivity contribution in [1.82, 2.24) is 0 Å². The molecule has 1 aromatic rings. The summed E-state index contributed by atoms with van der Waals surface area (Å²) in [6.45, 7) is 0. The van der Waals surface area contributed by atoms with E-state index in [-0.39, 0.29) is 11.8 Å². The van der Waals surface area contributed by atoms with Crippen LogP contribution >= 0.6 is 15.9 Å². The summed E-state index contributed by atoms with van der Waals surface area (Å²) in [4.78, 5) is 10.7. The predicted octanol–water partition coefficient (Wildman–Crippen LogP) is 2.48. The number of nitriles is 1. The lowest BCUT2D eigenvalue weighted by Gasteiger charge is -2.14. The van der Waals surface area contributed by atoms with Crippen LogP contribution in [0.15, 0.2) is 22.7 Å². The van der Waals surface area contributed by atoms with Gasteiger partial charge in [-0.05, 0) is 36.1 Å². The Kier molecular flexibility index (Phi) is 3.42. The van der Waals surface area contributed by atoms with Crippen LogP contribution in [0.4, 0.5) is 0 Å². The zero-order chi connectivity index (χ0) is 13.3. The molecule has 0 amide bonds. The van der Waals surface area contributed by atoms with Crippen LogP contribution in [0.2, 0.25) is 0 Å². The molecule has 1 aliphatic rings. The van der Waals surface area contributed by atoms with Crippen LogP contribution in [0.3, 0.4) is 0 Å². The molecule has 0 saturated heterocycles. The van der Waals surface area contributed by atoms with Crippen LogP contribution in [0.1, 0.15) is 36.4 Å². The van der Waals surface area contributed by atoms with Gasteiger partial charge in [0.1, 0.15) is 0 Å². The van der Waals surface area contributed by atoms with Gasteiger partial charge in [0.15, 0.2) is 0 Å². The molecule has 0 aliphatic heterocycles. The maximum Gasteiger partial charge on any atom is 0.305 e. The summed E-state index contributed by atoms with van der Waals surface area (Å²) < 4.78 is 0.831. The van der Waals surface area contributed by atoms with Crippen molar-refractivity contribution in [3.05, 3.63) is 33.8 Å². The highest BCUT2D eigenvalue weighted by molar-refractivity contribution is 9.10. The SMILES string of the molecule is N#CC1(c2cc(Br)cc([C@@H](N)CC(=O)O)c2)CC1. The minimum atomic E-state index is -0.926. The number of benzene rings is 1. The molecular formula is C13H13BrN2O2. The van der Waals surface area contributed by atoms with Gasteiger partial charge in [-0.1, -0.05) is 22.0 Å². The highest BCUT2D eigenvalue weighted by atomic mass is 79.9. The van der Waals surface area contributed by atoms with Gasteiger partial charge in [0.2, 0.25) is 0 Å². The third-order valence-corrected chi connectivity index (χ3v) is 3.72. The molecule has 1 saturated carbocycles. The van der Waals surface area contributed by atoms with Gasteiger partial charge in [0, 0.05) is 10.5 Å². The lowest BCUT2D eigenvalue weighted by Crippen LogP contribution is -2.16. The Morgan fingerprint density at radius 1 is 1.56 bits per heavy atom. The van der Waals surface area contributed by atoms with Gasteiger partial charge in [0.25, 0.3) is 0 Å². The molecule has 1 aromatic carbocycles. The molecule has 1 aliphatic carbocycles. The third-order valence-electron chi connectivity index (χ3n) is 3.26.